The Kier molecular flexibility index (Phi) is 9.41. The Morgan fingerprint density at radius 2 is 1.42 bits per heavy atom. The van der Waals surface area contributed by atoms with Crippen molar-refractivity contribution in [3.63, 3.8) is 0 Å². The van der Waals surface area contributed by atoms with Crippen molar-refractivity contribution in [2.75, 3.05) is 20.2 Å². The standard InChI is InChI=1S/C6H6.C4H11NO/c1-2-4-6-5-3-1;1-5-3-2-4-6/h1-6H;5-6H,2-4H2,1H3. The highest BCUT2D eigenvalue weighted by Crippen LogP contribution is 1.79. The molecule has 0 saturated carbocycles. The lowest BCUT2D eigenvalue weighted by Gasteiger charge is -1.89. The maximum Gasteiger partial charge on any atom is 0.0443 e. The van der Waals surface area contributed by atoms with E-state index in [1.165, 1.54) is 0 Å². The molecule has 12 heavy (non-hydrogen) atoms. The SMILES string of the molecule is CNCCCO.c1ccccc1. The summed E-state index contributed by atoms with van der Waals surface area (Å²) in [5, 5.41) is 11.1. The lowest BCUT2D eigenvalue weighted by atomic mass is 10.4. The van der Waals surface area contributed by atoms with E-state index in [-0.39, 0.29) is 0 Å². The zero-order chi connectivity index (χ0) is 9.07. The van der Waals surface area contributed by atoms with E-state index in [0.29, 0.717) is 6.61 Å². The Hall–Kier alpha value is -0.860. The van der Waals surface area contributed by atoms with Gasteiger partial charge in [-0.1, -0.05) is 36.4 Å². The van der Waals surface area contributed by atoms with Gasteiger partial charge in [-0.25, -0.2) is 0 Å². The number of aliphatic hydroxyl groups is 1. The smallest absolute Gasteiger partial charge is 0.0443 e. The minimum Gasteiger partial charge on any atom is -0.396 e. The van der Waals surface area contributed by atoms with E-state index in [1.807, 2.05) is 43.4 Å². The second-order valence-corrected chi connectivity index (χ2v) is 2.34. The van der Waals surface area contributed by atoms with Crippen LogP contribution in [-0.2, 0) is 0 Å². The topological polar surface area (TPSA) is 32.3 Å². The van der Waals surface area contributed by atoms with Gasteiger partial charge in [0.2, 0.25) is 0 Å². The first-order valence-electron chi connectivity index (χ1n) is 4.17. The highest BCUT2D eigenvalue weighted by molar-refractivity contribution is 4.99. The van der Waals surface area contributed by atoms with Crippen molar-refractivity contribution in [2.24, 2.45) is 0 Å². The molecule has 0 amide bonds. The minimum absolute atomic E-state index is 0.292. The van der Waals surface area contributed by atoms with Crippen molar-refractivity contribution >= 4 is 0 Å². The summed E-state index contributed by atoms with van der Waals surface area (Å²) in [6.07, 6.45) is 0.858. The summed E-state index contributed by atoms with van der Waals surface area (Å²) >= 11 is 0. The Labute approximate surface area is 74.2 Å². The van der Waals surface area contributed by atoms with Crippen LogP contribution in [0.2, 0.25) is 0 Å². The van der Waals surface area contributed by atoms with Gasteiger partial charge in [0.25, 0.3) is 0 Å². The van der Waals surface area contributed by atoms with Crippen molar-refractivity contribution in [3.05, 3.63) is 36.4 Å². The third-order valence-corrected chi connectivity index (χ3v) is 1.25. The number of hydrogen-bond donors (Lipinski definition) is 2. The monoisotopic (exact) mass is 167 g/mol. The molecule has 0 heterocycles. The molecule has 0 saturated heterocycles. The highest BCUT2D eigenvalue weighted by atomic mass is 16.3. The highest BCUT2D eigenvalue weighted by Gasteiger charge is 1.74. The summed E-state index contributed by atoms with van der Waals surface area (Å²) in [6, 6.07) is 12.0. The second kappa shape index (κ2) is 10.1. The molecule has 1 aromatic carbocycles. The van der Waals surface area contributed by atoms with Crippen LogP contribution in [0.25, 0.3) is 0 Å². The molecule has 0 bridgehead atoms. The maximum atomic E-state index is 8.16. The Balaban J connectivity index is 0.000000202. The fourth-order valence-corrected chi connectivity index (χ4v) is 0.641. The van der Waals surface area contributed by atoms with Crippen LogP contribution in [0.5, 0.6) is 0 Å². The first-order chi connectivity index (χ1) is 5.91. The van der Waals surface area contributed by atoms with E-state index in [1.54, 1.807) is 0 Å². The van der Waals surface area contributed by atoms with Crippen LogP contribution in [0, 0.1) is 0 Å². The Morgan fingerprint density at radius 1 is 1.00 bits per heavy atom. The Bertz CT molecular complexity index is 122. The van der Waals surface area contributed by atoms with E-state index in [9.17, 15) is 0 Å². The zero-order valence-corrected chi connectivity index (χ0v) is 7.53. The summed E-state index contributed by atoms with van der Waals surface area (Å²) in [7, 11) is 1.87. The molecule has 0 unspecified atom stereocenters. The second-order valence-electron chi connectivity index (χ2n) is 2.34. The van der Waals surface area contributed by atoms with Gasteiger partial charge in [-0.3, -0.25) is 0 Å². The fraction of sp³-hybridized carbons (Fsp3) is 0.400. The third kappa shape index (κ3) is 9.14. The van der Waals surface area contributed by atoms with E-state index in [4.69, 9.17) is 5.11 Å². The number of nitrogens with one attached hydrogen (secondary N) is 1. The number of aliphatic hydroxyl groups excluding tert-OH is 1. The van der Waals surface area contributed by atoms with E-state index in [2.05, 4.69) is 5.32 Å². The molecule has 0 radical (unpaired) electrons. The average Bonchev–Trinajstić information content (AvgIpc) is 2.18. The van der Waals surface area contributed by atoms with Gasteiger partial charge in [0.15, 0.2) is 0 Å². The number of rotatable bonds is 3. The maximum absolute atomic E-state index is 8.16. The van der Waals surface area contributed by atoms with Crippen LogP contribution in [0.1, 0.15) is 6.42 Å². The molecule has 0 fully saturated rings. The largest absolute Gasteiger partial charge is 0.396 e. The molecule has 1 rings (SSSR count). The normalized spacial score (nSPS) is 8.50. The van der Waals surface area contributed by atoms with Crippen molar-refractivity contribution in [2.45, 2.75) is 6.42 Å². The molecule has 0 spiro atoms. The molecule has 0 aliphatic rings. The minimum atomic E-state index is 0.292. The van der Waals surface area contributed by atoms with Crippen LogP contribution in [0.15, 0.2) is 36.4 Å². The molecular weight excluding hydrogens is 150 g/mol. The van der Waals surface area contributed by atoms with Gasteiger partial charge in [0.05, 0.1) is 0 Å². The van der Waals surface area contributed by atoms with Gasteiger partial charge < -0.3 is 10.4 Å². The lowest BCUT2D eigenvalue weighted by Crippen LogP contribution is -2.08. The molecule has 0 aromatic heterocycles. The lowest BCUT2D eigenvalue weighted by molar-refractivity contribution is 0.287. The van der Waals surface area contributed by atoms with Gasteiger partial charge >= 0.3 is 0 Å². The molecule has 2 N–H and O–H groups in total. The van der Waals surface area contributed by atoms with Crippen LogP contribution < -0.4 is 5.32 Å². The van der Waals surface area contributed by atoms with E-state index in [0.717, 1.165) is 13.0 Å². The summed E-state index contributed by atoms with van der Waals surface area (Å²) < 4.78 is 0. The molecule has 2 heteroatoms. The van der Waals surface area contributed by atoms with Crippen molar-refractivity contribution in [3.8, 4) is 0 Å². The Morgan fingerprint density at radius 3 is 1.58 bits per heavy atom. The van der Waals surface area contributed by atoms with Crippen LogP contribution >= 0.6 is 0 Å². The van der Waals surface area contributed by atoms with Gasteiger partial charge in [-0.2, -0.15) is 0 Å². The van der Waals surface area contributed by atoms with Gasteiger partial charge in [-0.15, -0.1) is 0 Å². The van der Waals surface area contributed by atoms with Crippen molar-refractivity contribution in [1.82, 2.24) is 5.32 Å². The van der Waals surface area contributed by atoms with Gasteiger partial charge in [-0.05, 0) is 20.0 Å². The van der Waals surface area contributed by atoms with Crippen molar-refractivity contribution < 1.29 is 5.11 Å². The molecule has 2 nitrogen and oxygen atoms in total. The first-order valence-corrected chi connectivity index (χ1v) is 4.17. The van der Waals surface area contributed by atoms with Crippen LogP contribution in [0.3, 0.4) is 0 Å². The predicted octanol–water partition coefficient (Wildman–Crippen LogP) is 1.27. The number of hydrogen-bond acceptors (Lipinski definition) is 2. The summed E-state index contributed by atoms with van der Waals surface area (Å²) in [4.78, 5) is 0. The molecule has 1 aromatic rings. The molecular formula is C10H17NO. The summed E-state index contributed by atoms with van der Waals surface area (Å²) in [5.74, 6) is 0. The quantitative estimate of drug-likeness (QED) is 0.665. The van der Waals surface area contributed by atoms with E-state index >= 15 is 0 Å². The summed E-state index contributed by atoms with van der Waals surface area (Å²) in [6.45, 7) is 1.21. The molecule has 0 aliphatic heterocycles. The molecule has 0 atom stereocenters. The number of benzene rings is 1. The predicted molar refractivity (Wildman–Crippen MR) is 52.1 cm³/mol. The van der Waals surface area contributed by atoms with Gasteiger partial charge in [0.1, 0.15) is 0 Å². The van der Waals surface area contributed by atoms with Gasteiger partial charge in [0, 0.05) is 6.61 Å². The third-order valence-electron chi connectivity index (χ3n) is 1.25. The molecule has 68 valence electrons. The van der Waals surface area contributed by atoms with E-state index < -0.39 is 0 Å². The van der Waals surface area contributed by atoms with Crippen LogP contribution in [-0.4, -0.2) is 25.3 Å². The summed E-state index contributed by atoms with van der Waals surface area (Å²) in [5.41, 5.74) is 0. The van der Waals surface area contributed by atoms with Crippen LogP contribution in [0.4, 0.5) is 0 Å². The fourth-order valence-electron chi connectivity index (χ4n) is 0.641. The first kappa shape index (κ1) is 11.1. The molecule has 0 aliphatic carbocycles. The van der Waals surface area contributed by atoms with Crippen molar-refractivity contribution in [1.29, 1.82) is 0 Å². The zero-order valence-electron chi connectivity index (χ0n) is 7.53. The average molecular weight is 167 g/mol.